The maximum Gasteiger partial charge on any atom is 0.166 e. The fourth-order valence-corrected chi connectivity index (χ4v) is 3.85. The lowest BCUT2D eigenvalue weighted by molar-refractivity contribution is 0.0916. The van der Waals surface area contributed by atoms with Crippen LogP contribution in [0.2, 0.25) is 5.02 Å². The Bertz CT molecular complexity index is 666. The van der Waals surface area contributed by atoms with Crippen LogP contribution in [-0.2, 0) is 0 Å². The zero-order valence-electron chi connectivity index (χ0n) is 10.6. The molecular formula is C17H15ClO. The van der Waals surface area contributed by atoms with Gasteiger partial charge in [-0.05, 0) is 48.6 Å². The first-order valence-electron chi connectivity index (χ1n) is 6.95. The van der Waals surface area contributed by atoms with Gasteiger partial charge in [-0.15, -0.1) is 0 Å². The van der Waals surface area contributed by atoms with Gasteiger partial charge in [-0.25, -0.2) is 0 Å². The van der Waals surface area contributed by atoms with Gasteiger partial charge in [0, 0.05) is 21.9 Å². The van der Waals surface area contributed by atoms with Crippen LogP contribution in [-0.4, -0.2) is 5.78 Å². The molecule has 2 atom stereocenters. The van der Waals surface area contributed by atoms with Gasteiger partial charge < -0.3 is 0 Å². The van der Waals surface area contributed by atoms with Crippen LogP contribution in [0.4, 0.5) is 0 Å². The molecule has 0 amide bonds. The summed E-state index contributed by atoms with van der Waals surface area (Å²) in [7, 11) is 0. The van der Waals surface area contributed by atoms with Crippen LogP contribution >= 0.6 is 11.6 Å². The molecule has 0 N–H and O–H groups in total. The maximum atomic E-state index is 12.7. The van der Waals surface area contributed by atoms with E-state index < -0.39 is 0 Å². The number of hydrogen-bond acceptors (Lipinski definition) is 1. The minimum atomic E-state index is 0.244. The van der Waals surface area contributed by atoms with E-state index in [9.17, 15) is 4.79 Å². The van der Waals surface area contributed by atoms with Crippen molar-refractivity contribution in [2.45, 2.75) is 19.3 Å². The van der Waals surface area contributed by atoms with Crippen molar-refractivity contribution in [2.24, 2.45) is 17.8 Å². The molecule has 2 unspecified atom stereocenters. The third-order valence-electron chi connectivity index (χ3n) is 4.75. The number of carbonyl (C=O) groups is 1. The van der Waals surface area contributed by atoms with E-state index in [1.807, 2.05) is 36.4 Å². The lowest BCUT2D eigenvalue weighted by Gasteiger charge is -2.13. The second kappa shape index (κ2) is 4.08. The van der Waals surface area contributed by atoms with Crippen LogP contribution < -0.4 is 0 Å². The highest BCUT2D eigenvalue weighted by Gasteiger charge is 2.48. The van der Waals surface area contributed by atoms with E-state index in [0.717, 1.165) is 46.0 Å². The predicted octanol–water partition coefficient (Wildman–Crippen LogP) is 4.72. The number of ketones is 1. The molecule has 2 aromatic carbocycles. The van der Waals surface area contributed by atoms with Crippen molar-refractivity contribution in [2.75, 3.05) is 0 Å². The largest absolute Gasteiger partial charge is 0.294 e. The van der Waals surface area contributed by atoms with Crippen molar-refractivity contribution in [3.05, 3.63) is 47.0 Å². The van der Waals surface area contributed by atoms with Crippen LogP contribution in [0.5, 0.6) is 0 Å². The van der Waals surface area contributed by atoms with Crippen molar-refractivity contribution in [1.82, 2.24) is 0 Å². The summed E-state index contributed by atoms with van der Waals surface area (Å²) in [6.45, 7) is 0. The highest BCUT2D eigenvalue weighted by atomic mass is 35.5. The number of carbonyl (C=O) groups excluding carboxylic acids is 1. The molecule has 1 nitrogen and oxygen atoms in total. The molecule has 4 rings (SSSR count). The van der Waals surface area contributed by atoms with Crippen LogP contribution in [0.3, 0.4) is 0 Å². The predicted molar refractivity (Wildman–Crippen MR) is 77.6 cm³/mol. The second-order valence-electron chi connectivity index (χ2n) is 5.93. The Morgan fingerprint density at radius 3 is 2.37 bits per heavy atom. The van der Waals surface area contributed by atoms with Crippen molar-refractivity contribution in [3.63, 3.8) is 0 Å². The average Bonchev–Trinajstić information content (AvgIpc) is 3.05. The van der Waals surface area contributed by atoms with Crippen molar-refractivity contribution < 1.29 is 4.79 Å². The molecule has 0 aromatic heterocycles. The third kappa shape index (κ3) is 1.80. The van der Waals surface area contributed by atoms with E-state index in [2.05, 4.69) is 0 Å². The molecule has 2 aliphatic carbocycles. The Morgan fingerprint density at radius 2 is 1.63 bits per heavy atom. The smallest absolute Gasteiger partial charge is 0.166 e. The van der Waals surface area contributed by atoms with Crippen molar-refractivity contribution in [3.8, 4) is 0 Å². The molecule has 2 heteroatoms. The molecular weight excluding hydrogens is 256 g/mol. The van der Waals surface area contributed by atoms with Gasteiger partial charge in [0.1, 0.15) is 0 Å². The number of hydrogen-bond donors (Lipinski definition) is 0. The van der Waals surface area contributed by atoms with E-state index in [1.165, 1.54) is 6.42 Å². The topological polar surface area (TPSA) is 17.1 Å². The van der Waals surface area contributed by atoms with Gasteiger partial charge in [0.2, 0.25) is 0 Å². The highest BCUT2D eigenvalue weighted by molar-refractivity contribution is 6.36. The SMILES string of the molecule is O=C(c1ccc(Cl)c2ccccc12)C1CC2CC2C1. The standard InChI is InChI=1S/C17H15ClO/c18-16-6-5-15(13-3-1-2-4-14(13)16)17(19)12-8-10-7-11(10)9-12/h1-6,10-12H,7-9H2. The molecule has 0 aliphatic heterocycles. The number of rotatable bonds is 2. The number of Topliss-reactive ketones (excluding diaryl/α,β-unsaturated/α-hetero) is 1. The van der Waals surface area contributed by atoms with Crippen LogP contribution in [0, 0.1) is 17.8 Å². The average molecular weight is 271 g/mol. The highest BCUT2D eigenvalue weighted by Crippen LogP contribution is 2.55. The molecule has 0 saturated heterocycles. The summed E-state index contributed by atoms with van der Waals surface area (Å²) in [4.78, 5) is 12.7. The first-order chi connectivity index (χ1) is 9.24. The summed E-state index contributed by atoms with van der Waals surface area (Å²) in [6.07, 6.45) is 3.55. The molecule has 0 spiro atoms. The molecule has 2 aromatic rings. The van der Waals surface area contributed by atoms with Gasteiger partial charge in [0.05, 0.1) is 0 Å². The fraction of sp³-hybridized carbons (Fsp3) is 0.353. The fourth-order valence-electron chi connectivity index (χ4n) is 3.63. The second-order valence-corrected chi connectivity index (χ2v) is 6.34. The Kier molecular flexibility index (Phi) is 2.46. The number of fused-ring (bicyclic) bond motifs is 2. The van der Waals surface area contributed by atoms with Gasteiger partial charge in [-0.2, -0.15) is 0 Å². The zero-order chi connectivity index (χ0) is 13.0. The number of halogens is 1. The number of benzene rings is 2. The lowest BCUT2D eigenvalue weighted by Crippen LogP contribution is -2.13. The van der Waals surface area contributed by atoms with E-state index in [1.54, 1.807) is 0 Å². The van der Waals surface area contributed by atoms with Crippen LogP contribution in [0.1, 0.15) is 29.6 Å². The van der Waals surface area contributed by atoms with Crippen molar-refractivity contribution in [1.29, 1.82) is 0 Å². The van der Waals surface area contributed by atoms with Gasteiger partial charge in [-0.3, -0.25) is 4.79 Å². The normalized spacial score (nSPS) is 28.4. The molecule has 19 heavy (non-hydrogen) atoms. The monoisotopic (exact) mass is 270 g/mol. The van der Waals surface area contributed by atoms with Crippen LogP contribution in [0.25, 0.3) is 10.8 Å². The van der Waals surface area contributed by atoms with Gasteiger partial charge in [0.25, 0.3) is 0 Å². The molecule has 0 radical (unpaired) electrons. The summed E-state index contributed by atoms with van der Waals surface area (Å²) in [5.74, 6) is 2.24. The Morgan fingerprint density at radius 1 is 0.947 bits per heavy atom. The summed E-state index contributed by atoms with van der Waals surface area (Å²) in [5, 5.41) is 2.71. The van der Waals surface area contributed by atoms with E-state index in [0.29, 0.717) is 5.78 Å². The van der Waals surface area contributed by atoms with Crippen molar-refractivity contribution >= 4 is 28.2 Å². The minimum Gasteiger partial charge on any atom is -0.294 e. The Balaban J connectivity index is 1.78. The Hall–Kier alpha value is -1.34. The maximum absolute atomic E-state index is 12.7. The molecule has 96 valence electrons. The summed E-state index contributed by atoms with van der Waals surface area (Å²) >= 11 is 6.21. The van der Waals surface area contributed by atoms with E-state index >= 15 is 0 Å². The molecule has 0 bridgehead atoms. The molecule has 0 heterocycles. The first kappa shape index (κ1) is 11.5. The van der Waals surface area contributed by atoms with Crippen LogP contribution in [0.15, 0.2) is 36.4 Å². The summed E-state index contributed by atoms with van der Waals surface area (Å²) in [6, 6.07) is 11.7. The van der Waals surface area contributed by atoms with Gasteiger partial charge >= 0.3 is 0 Å². The molecule has 2 aliphatic rings. The van der Waals surface area contributed by atoms with E-state index in [4.69, 9.17) is 11.6 Å². The minimum absolute atomic E-state index is 0.244. The molecule has 2 fully saturated rings. The third-order valence-corrected chi connectivity index (χ3v) is 5.08. The van der Waals surface area contributed by atoms with Gasteiger partial charge in [-0.1, -0.05) is 35.9 Å². The zero-order valence-corrected chi connectivity index (χ0v) is 11.4. The van der Waals surface area contributed by atoms with Gasteiger partial charge in [0.15, 0.2) is 5.78 Å². The summed E-state index contributed by atoms with van der Waals surface area (Å²) < 4.78 is 0. The quantitative estimate of drug-likeness (QED) is 0.722. The summed E-state index contributed by atoms with van der Waals surface area (Å²) in [5.41, 5.74) is 0.853. The van der Waals surface area contributed by atoms with E-state index in [-0.39, 0.29) is 5.92 Å². The molecule has 2 saturated carbocycles. The lowest BCUT2D eigenvalue weighted by atomic mass is 9.90. The Labute approximate surface area is 117 Å². The first-order valence-corrected chi connectivity index (χ1v) is 7.33.